The van der Waals surface area contributed by atoms with Gasteiger partial charge in [-0.05, 0) is 71.8 Å². The summed E-state index contributed by atoms with van der Waals surface area (Å²) in [7, 11) is 0. The van der Waals surface area contributed by atoms with E-state index in [0.29, 0.717) is 6.54 Å². The molecule has 1 unspecified atom stereocenters. The number of benzene rings is 2. The van der Waals surface area contributed by atoms with E-state index in [1.54, 1.807) is 4.90 Å². The van der Waals surface area contributed by atoms with E-state index in [-0.39, 0.29) is 24.2 Å². The molecular weight excluding hydrogens is 415 g/mol. The molecule has 0 bridgehead atoms. The van der Waals surface area contributed by atoms with Crippen LogP contribution >= 0.6 is 22.6 Å². The molecule has 1 fully saturated rings. The first-order valence-electron chi connectivity index (χ1n) is 7.88. The lowest BCUT2D eigenvalue weighted by molar-refractivity contribution is -0.122. The number of anilines is 2. The summed E-state index contributed by atoms with van der Waals surface area (Å²) in [5, 5.41) is 2.94. The number of nitrogens with one attached hydrogen (secondary N) is 1. The zero-order valence-corrected chi connectivity index (χ0v) is 15.8. The van der Waals surface area contributed by atoms with Crippen molar-refractivity contribution < 1.29 is 9.59 Å². The first kappa shape index (κ1) is 17.0. The molecule has 5 heteroatoms. The number of hydrogen-bond donors (Lipinski definition) is 1. The highest BCUT2D eigenvalue weighted by atomic mass is 127. The number of hydrogen-bond acceptors (Lipinski definition) is 2. The first-order chi connectivity index (χ1) is 11.5. The largest absolute Gasteiger partial charge is 0.325 e. The molecule has 1 atom stereocenters. The van der Waals surface area contributed by atoms with Gasteiger partial charge in [-0.1, -0.05) is 18.2 Å². The third kappa shape index (κ3) is 3.45. The van der Waals surface area contributed by atoms with Crippen LogP contribution < -0.4 is 10.2 Å². The summed E-state index contributed by atoms with van der Waals surface area (Å²) >= 11 is 2.19. The molecule has 0 spiro atoms. The van der Waals surface area contributed by atoms with Crippen molar-refractivity contribution in [3.63, 3.8) is 0 Å². The van der Waals surface area contributed by atoms with E-state index in [4.69, 9.17) is 0 Å². The number of nitrogens with zero attached hydrogens (tertiary/aromatic N) is 1. The standard InChI is InChI=1S/C19H19IN2O2/c1-12-7-8-15(9-13(12)2)22-11-14(10-18(22)23)19(24)21-17-6-4-3-5-16(17)20/h3-9,14H,10-11H2,1-2H3,(H,21,24). The zero-order valence-electron chi connectivity index (χ0n) is 13.7. The lowest BCUT2D eigenvalue weighted by Crippen LogP contribution is -2.28. The minimum absolute atomic E-state index is 0.00108. The molecule has 2 aromatic carbocycles. The van der Waals surface area contributed by atoms with Gasteiger partial charge in [-0.2, -0.15) is 0 Å². The van der Waals surface area contributed by atoms with Crippen LogP contribution in [0.15, 0.2) is 42.5 Å². The molecule has 4 nitrogen and oxygen atoms in total. The van der Waals surface area contributed by atoms with Crippen molar-refractivity contribution >= 4 is 45.8 Å². The third-order valence-electron chi connectivity index (χ3n) is 4.43. The molecule has 2 amide bonds. The number of halogens is 1. The topological polar surface area (TPSA) is 49.4 Å². The zero-order chi connectivity index (χ0) is 17.3. The summed E-state index contributed by atoms with van der Waals surface area (Å²) in [4.78, 5) is 26.6. The van der Waals surface area contributed by atoms with Gasteiger partial charge in [-0.3, -0.25) is 9.59 Å². The molecule has 0 aliphatic carbocycles. The van der Waals surface area contributed by atoms with Crippen LogP contribution in [0.1, 0.15) is 17.5 Å². The van der Waals surface area contributed by atoms with E-state index in [1.807, 2.05) is 56.3 Å². The van der Waals surface area contributed by atoms with Gasteiger partial charge in [0.2, 0.25) is 11.8 Å². The van der Waals surface area contributed by atoms with E-state index in [2.05, 4.69) is 27.9 Å². The third-order valence-corrected chi connectivity index (χ3v) is 5.37. The molecule has 0 aromatic heterocycles. The van der Waals surface area contributed by atoms with Crippen LogP contribution in [0.5, 0.6) is 0 Å². The van der Waals surface area contributed by atoms with Crippen molar-refractivity contribution in [2.75, 3.05) is 16.8 Å². The molecule has 2 aromatic rings. The summed E-state index contributed by atoms with van der Waals surface area (Å²) in [6, 6.07) is 13.6. The van der Waals surface area contributed by atoms with Crippen LogP contribution in [0.4, 0.5) is 11.4 Å². The average Bonchev–Trinajstić information content (AvgIpc) is 2.94. The van der Waals surface area contributed by atoms with Gasteiger partial charge in [0.05, 0.1) is 11.6 Å². The van der Waals surface area contributed by atoms with Crippen molar-refractivity contribution in [2.45, 2.75) is 20.3 Å². The highest BCUT2D eigenvalue weighted by Crippen LogP contribution is 2.28. The molecule has 0 radical (unpaired) electrons. The van der Waals surface area contributed by atoms with Gasteiger partial charge < -0.3 is 10.2 Å². The van der Waals surface area contributed by atoms with Gasteiger partial charge in [-0.25, -0.2) is 0 Å². The fourth-order valence-electron chi connectivity index (χ4n) is 2.82. The second kappa shape index (κ2) is 6.93. The second-order valence-corrected chi connectivity index (χ2v) is 7.31. The second-order valence-electron chi connectivity index (χ2n) is 6.14. The van der Waals surface area contributed by atoms with Crippen molar-refractivity contribution in [3.05, 3.63) is 57.2 Å². The Morgan fingerprint density at radius 3 is 2.62 bits per heavy atom. The molecule has 0 saturated carbocycles. The number of amides is 2. The lowest BCUT2D eigenvalue weighted by Gasteiger charge is -2.18. The molecule has 1 heterocycles. The predicted molar refractivity (Wildman–Crippen MR) is 104 cm³/mol. The Morgan fingerprint density at radius 1 is 1.17 bits per heavy atom. The Balaban J connectivity index is 1.73. The van der Waals surface area contributed by atoms with Gasteiger partial charge in [0.25, 0.3) is 0 Å². The van der Waals surface area contributed by atoms with Gasteiger partial charge in [0, 0.05) is 22.2 Å². The van der Waals surface area contributed by atoms with Crippen molar-refractivity contribution in [1.82, 2.24) is 0 Å². The highest BCUT2D eigenvalue weighted by molar-refractivity contribution is 14.1. The highest BCUT2D eigenvalue weighted by Gasteiger charge is 2.35. The minimum atomic E-state index is -0.324. The maximum absolute atomic E-state index is 12.5. The lowest BCUT2D eigenvalue weighted by atomic mass is 10.1. The molecule has 1 aliphatic rings. The summed E-state index contributed by atoms with van der Waals surface area (Å²) in [5.41, 5.74) is 4.00. The van der Waals surface area contributed by atoms with Gasteiger partial charge in [0.1, 0.15) is 0 Å². The molecule has 124 valence electrons. The van der Waals surface area contributed by atoms with E-state index in [1.165, 1.54) is 5.56 Å². The first-order valence-corrected chi connectivity index (χ1v) is 8.96. The number of carbonyl (C=O) groups excluding carboxylic acids is 2. The number of para-hydroxylation sites is 1. The predicted octanol–water partition coefficient (Wildman–Crippen LogP) is 3.90. The van der Waals surface area contributed by atoms with Crippen LogP contribution in [0.25, 0.3) is 0 Å². The summed E-state index contributed by atoms with van der Waals surface area (Å²) in [6.07, 6.45) is 0.252. The normalized spacial score (nSPS) is 17.2. The Hall–Kier alpha value is -1.89. The van der Waals surface area contributed by atoms with Crippen LogP contribution in [0.2, 0.25) is 0 Å². The van der Waals surface area contributed by atoms with E-state index < -0.39 is 0 Å². The smallest absolute Gasteiger partial charge is 0.229 e. The van der Waals surface area contributed by atoms with Gasteiger partial charge in [0.15, 0.2) is 0 Å². The van der Waals surface area contributed by atoms with Crippen LogP contribution in [-0.4, -0.2) is 18.4 Å². The molecule has 1 aliphatic heterocycles. The summed E-state index contributed by atoms with van der Waals surface area (Å²) in [6.45, 7) is 4.50. The fourth-order valence-corrected chi connectivity index (χ4v) is 3.35. The van der Waals surface area contributed by atoms with E-state index >= 15 is 0 Å². The molecular formula is C19H19IN2O2. The maximum atomic E-state index is 12.5. The Labute approximate surface area is 155 Å². The van der Waals surface area contributed by atoms with Gasteiger partial charge >= 0.3 is 0 Å². The van der Waals surface area contributed by atoms with Crippen LogP contribution in [0, 0.1) is 23.3 Å². The quantitative estimate of drug-likeness (QED) is 0.746. The molecule has 1 saturated heterocycles. The summed E-state index contributed by atoms with van der Waals surface area (Å²) < 4.78 is 0.985. The SMILES string of the molecule is Cc1ccc(N2CC(C(=O)Nc3ccccc3I)CC2=O)cc1C. The fraction of sp³-hybridized carbons (Fsp3) is 0.263. The average molecular weight is 434 g/mol. The number of carbonyl (C=O) groups is 2. The molecule has 3 rings (SSSR count). The van der Waals surface area contributed by atoms with Crippen LogP contribution in [-0.2, 0) is 9.59 Å². The minimum Gasteiger partial charge on any atom is -0.325 e. The Kier molecular flexibility index (Phi) is 4.89. The van der Waals surface area contributed by atoms with Crippen molar-refractivity contribution in [3.8, 4) is 0 Å². The number of aryl methyl sites for hydroxylation is 2. The summed E-state index contributed by atoms with van der Waals surface area (Å²) in [5.74, 6) is -0.421. The Bertz CT molecular complexity index is 804. The Morgan fingerprint density at radius 2 is 1.92 bits per heavy atom. The monoisotopic (exact) mass is 434 g/mol. The van der Waals surface area contributed by atoms with Crippen LogP contribution in [0.3, 0.4) is 0 Å². The van der Waals surface area contributed by atoms with Crippen molar-refractivity contribution in [1.29, 1.82) is 0 Å². The van der Waals surface area contributed by atoms with Gasteiger partial charge in [-0.15, -0.1) is 0 Å². The maximum Gasteiger partial charge on any atom is 0.229 e. The molecule has 24 heavy (non-hydrogen) atoms. The number of rotatable bonds is 3. The van der Waals surface area contributed by atoms with Crippen molar-refractivity contribution in [2.24, 2.45) is 5.92 Å². The van der Waals surface area contributed by atoms with E-state index in [9.17, 15) is 9.59 Å². The van der Waals surface area contributed by atoms with E-state index in [0.717, 1.165) is 20.5 Å². The molecule has 1 N–H and O–H groups in total.